The zero-order valence-electron chi connectivity index (χ0n) is 6.89. The summed E-state index contributed by atoms with van der Waals surface area (Å²) in [4.78, 5) is 0. The lowest BCUT2D eigenvalue weighted by Gasteiger charge is -2.13. The van der Waals surface area contributed by atoms with Crippen molar-refractivity contribution in [3.8, 4) is 0 Å². The van der Waals surface area contributed by atoms with Crippen LogP contribution in [0.4, 0.5) is 0 Å². The summed E-state index contributed by atoms with van der Waals surface area (Å²) >= 11 is 0. The Labute approximate surface area is 62.8 Å². The molecule has 1 saturated heterocycles. The summed E-state index contributed by atoms with van der Waals surface area (Å²) in [5.41, 5.74) is 0.333. The standard InChI is InChI=1S/C9H16O/c1-3-4-8-5-7-6-9(7,2)10-8/h7-8H,3-6H2,1-2H3/t7-,8-,9?/m0/s1. The van der Waals surface area contributed by atoms with E-state index in [1.54, 1.807) is 0 Å². The molecule has 1 heterocycles. The molecular formula is C9H16O. The highest BCUT2D eigenvalue weighted by atomic mass is 16.5. The predicted molar refractivity (Wildman–Crippen MR) is 40.9 cm³/mol. The Morgan fingerprint density at radius 3 is 2.90 bits per heavy atom. The molecule has 1 aliphatic carbocycles. The predicted octanol–water partition coefficient (Wildman–Crippen LogP) is 2.35. The molecule has 1 aliphatic heterocycles. The number of fused-ring (bicyclic) bond motifs is 1. The van der Waals surface area contributed by atoms with Crippen LogP contribution in [0.3, 0.4) is 0 Å². The molecule has 3 atom stereocenters. The quantitative estimate of drug-likeness (QED) is 0.572. The van der Waals surface area contributed by atoms with Crippen molar-refractivity contribution >= 4 is 0 Å². The lowest BCUT2D eigenvalue weighted by Crippen LogP contribution is -2.13. The largest absolute Gasteiger partial charge is 0.372 e. The van der Waals surface area contributed by atoms with E-state index in [2.05, 4.69) is 13.8 Å². The van der Waals surface area contributed by atoms with E-state index in [4.69, 9.17) is 4.74 Å². The van der Waals surface area contributed by atoms with Crippen molar-refractivity contribution in [1.29, 1.82) is 0 Å². The van der Waals surface area contributed by atoms with Crippen molar-refractivity contribution < 1.29 is 4.74 Å². The van der Waals surface area contributed by atoms with Crippen molar-refractivity contribution in [3.05, 3.63) is 0 Å². The first-order chi connectivity index (χ1) is 4.74. The molecule has 0 aromatic carbocycles. The topological polar surface area (TPSA) is 9.23 Å². The molecule has 10 heavy (non-hydrogen) atoms. The van der Waals surface area contributed by atoms with Crippen LogP contribution in [-0.4, -0.2) is 11.7 Å². The molecule has 1 heteroatoms. The number of hydrogen-bond acceptors (Lipinski definition) is 1. The molecule has 0 radical (unpaired) electrons. The molecule has 0 N–H and O–H groups in total. The maximum absolute atomic E-state index is 5.86. The van der Waals surface area contributed by atoms with Gasteiger partial charge < -0.3 is 4.74 Å². The number of ether oxygens (including phenoxy) is 1. The highest BCUT2D eigenvalue weighted by Gasteiger charge is 2.57. The molecule has 1 saturated carbocycles. The summed E-state index contributed by atoms with van der Waals surface area (Å²) in [6.45, 7) is 4.49. The second kappa shape index (κ2) is 1.97. The van der Waals surface area contributed by atoms with Gasteiger partial charge in [-0.3, -0.25) is 0 Å². The van der Waals surface area contributed by atoms with Gasteiger partial charge in [0.25, 0.3) is 0 Å². The maximum atomic E-state index is 5.86. The fourth-order valence-corrected chi connectivity index (χ4v) is 2.15. The first-order valence-corrected chi connectivity index (χ1v) is 4.42. The van der Waals surface area contributed by atoms with E-state index >= 15 is 0 Å². The molecule has 1 nitrogen and oxygen atoms in total. The van der Waals surface area contributed by atoms with Crippen LogP contribution in [0.15, 0.2) is 0 Å². The monoisotopic (exact) mass is 140 g/mol. The summed E-state index contributed by atoms with van der Waals surface area (Å²) in [7, 11) is 0. The number of hydrogen-bond donors (Lipinski definition) is 0. The average Bonchev–Trinajstić information content (AvgIpc) is 2.34. The van der Waals surface area contributed by atoms with Crippen LogP contribution < -0.4 is 0 Å². The molecule has 1 unspecified atom stereocenters. The summed E-state index contributed by atoms with van der Waals surface area (Å²) in [6, 6.07) is 0. The van der Waals surface area contributed by atoms with Crippen LogP contribution >= 0.6 is 0 Å². The minimum absolute atomic E-state index is 0.333. The smallest absolute Gasteiger partial charge is 0.0692 e. The van der Waals surface area contributed by atoms with E-state index in [-0.39, 0.29) is 0 Å². The van der Waals surface area contributed by atoms with Gasteiger partial charge in [-0.15, -0.1) is 0 Å². The van der Waals surface area contributed by atoms with Crippen molar-refractivity contribution in [2.75, 3.05) is 0 Å². The Morgan fingerprint density at radius 1 is 1.60 bits per heavy atom. The summed E-state index contributed by atoms with van der Waals surface area (Å²) < 4.78 is 5.86. The first-order valence-electron chi connectivity index (χ1n) is 4.42. The van der Waals surface area contributed by atoms with Gasteiger partial charge in [0.1, 0.15) is 0 Å². The van der Waals surface area contributed by atoms with Crippen molar-refractivity contribution in [2.24, 2.45) is 5.92 Å². The third-order valence-electron chi connectivity index (χ3n) is 2.95. The van der Waals surface area contributed by atoms with Crippen molar-refractivity contribution in [3.63, 3.8) is 0 Å². The van der Waals surface area contributed by atoms with E-state index in [9.17, 15) is 0 Å². The minimum atomic E-state index is 0.333. The highest BCUT2D eigenvalue weighted by Crippen LogP contribution is 2.56. The van der Waals surface area contributed by atoms with Gasteiger partial charge in [0.05, 0.1) is 11.7 Å². The van der Waals surface area contributed by atoms with Gasteiger partial charge in [-0.2, -0.15) is 0 Å². The zero-order valence-corrected chi connectivity index (χ0v) is 6.89. The molecule has 58 valence electrons. The SMILES string of the molecule is CCC[C@H]1C[C@H]2CC2(C)O1. The molecule has 2 aliphatic rings. The van der Waals surface area contributed by atoms with Crippen LogP contribution in [-0.2, 0) is 4.74 Å². The molecule has 2 fully saturated rings. The van der Waals surface area contributed by atoms with E-state index in [1.165, 1.54) is 25.7 Å². The second-order valence-corrected chi connectivity index (χ2v) is 3.98. The van der Waals surface area contributed by atoms with Crippen LogP contribution in [0.25, 0.3) is 0 Å². The van der Waals surface area contributed by atoms with Crippen molar-refractivity contribution in [1.82, 2.24) is 0 Å². The lowest BCUT2D eigenvalue weighted by atomic mass is 10.1. The van der Waals surface area contributed by atoms with Crippen LogP contribution in [0, 0.1) is 5.92 Å². The second-order valence-electron chi connectivity index (χ2n) is 3.98. The lowest BCUT2D eigenvalue weighted by molar-refractivity contribution is 0.0106. The zero-order chi connectivity index (χ0) is 7.19. The Balaban J connectivity index is 1.86. The van der Waals surface area contributed by atoms with Gasteiger partial charge in [0.15, 0.2) is 0 Å². The summed E-state index contributed by atoms with van der Waals surface area (Å²) in [6.07, 6.45) is 5.81. The third-order valence-corrected chi connectivity index (χ3v) is 2.95. The van der Waals surface area contributed by atoms with Crippen LogP contribution in [0.5, 0.6) is 0 Å². The molecule has 0 bridgehead atoms. The highest BCUT2D eigenvalue weighted by molar-refractivity contribution is 5.07. The minimum Gasteiger partial charge on any atom is -0.372 e. The fourth-order valence-electron chi connectivity index (χ4n) is 2.15. The number of rotatable bonds is 2. The van der Waals surface area contributed by atoms with E-state index in [0.717, 1.165) is 5.92 Å². The normalized spacial score (nSPS) is 51.0. The van der Waals surface area contributed by atoms with E-state index < -0.39 is 0 Å². The van der Waals surface area contributed by atoms with Gasteiger partial charge in [-0.25, -0.2) is 0 Å². The van der Waals surface area contributed by atoms with Crippen molar-refractivity contribution in [2.45, 2.75) is 51.2 Å². The Hall–Kier alpha value is -0.0400. The van der Waals surface area contributed by atoms with Crippen LogP contribution in [0.2, 0.25) is 0 Å². The fraction of sp³-hybridized carbons (Fsp3) is 1.00. The van der Waals surface area contributed by atoms with E-state index in [0.29, 0.717) is 11.7 Å². The van der Waals surface area contributed by atoms with Gasteiger partial charge in [0, 0.05) is 0 Å². The molecule has 0 spiro atoms. The molecule has 0 aromatic rings. The van der Waals surface area contributed by atoms with E-state index in [1.807, 2.05) is 0 Å². The summed E-state index contributed by atoms with van der Waals surface area (Å²) in [5.74, 6) is 0.920. The Kier molecular flexibility index (Phi) is 1.31. The van der Waals surface area contributed by atoms with Gasteiger partial charge in [0.2, 0.25) is 0 Å². The molecule has 0 aromatic heterocycles. The average molecular weight is 140 g/mol. The summed E-state index contributed by atoms with van der Waals surface area (Å²) in [5, 5.41) is 0. The Morgan fingerprint density at radius 2 is 2.40 bits per heavy atom. The van der Waals surface area contributed by atoms with Crippen LogP contribution in [0.1, 0.15) is 39.5 Å². The first kappa shape index (κ1) is 6.66. The molecule has 2 rings (SSSR count). The van der Waals surface area contributed by atoms with Gasteiger partial charge in [-0.1, -0.05) is 13.3 Å². The van der Waals surface area contributed by atoms with Gasteiger partial charge in [-0.05, 0) is 32.1 Å². The Bertz CT molecular complexity index is 144. The third kappa shape index (κ3) is 0.878. The van der Waals surface area contributed by atoms with Gasteiger partial charge >= 0.3 is 0 Å². The molecular weight excluding hydrogens is 124 g/mol. The molecule has 0 amide bonds. The maximum Gasteiger partial charge on any atom is 0.0692 e.